The van der Waals surface area contributed by atoms with Gasteiger partial charge in [0, 0.05) is 35.7 Å². The minimum absolute atomic E-state index is 0.250. The van der Waals surface area contributed by atoms with Gasteiger partial charge in [0.15, 0.2) is 0 Å². The molecule has 204 valence electrons. The maximum absolute atomic E-state index is 11.5. The van der Waals surface area contributed by atoms with Crippen LogP contribution in [0.25, 0.3) is 0 Å². The number of rotatable bonds is 6. The van der Waals surface area contributed by atoms with E-state index >= 15 is 0 Å². The lowest BCUT2D eigenvalue weighted by Gasteiger charge is -2.26. The molecule has 0 unspecified atom stereocenters. The molecule has 2 atom stereocenters. The molecule has 2 N–H and O–H groups in total. The summed E-state index contributed by atoms with van der Waals surface area (Å²) in [5.41, 5.74) is 0.471. The van der Waals surface area contributed by atoms with Crippen molar-refractivity contribution >= 4 is 23.8 Å². The monoisotopic (exact) mass is 524 g/mol. The number of benzene rings is 2. The molecule has 2 aromatic rings. The van der Waals surface area contributed by atoms with Gasteiger partial charge in [-0.1, -0.05) is 54.4 Å². The molecule has 1 aliphatic rings. The molecule has 1 aliphatic carbocycles. The molecule has 0 saturated heterocycles. The number of nitrogens with zero attached hydrogens (tertiary/aromatic N) is 4. The summed E-state index contributed by atoms with van der Waals surface area (Å²) in [5, 5.41) is 44.1. The number of aliphatic imine (C=N–C) groups is 2. The molecule has 0 radical (unpaired) electrons. The third-order valence-corrected chi connectivity index (χ3v) is 6.87. The number of nitro groups is 2. The van der Waals surface area contributed by atoms with Gasteiger partial charge in [-0.3, -0.25) is 30.2 Å². The van der Waals surface area contributed by atoms with Gasteiger partial charge in [-0.05, 0) is 46.9 Å². The second-order valence-electron chi connectivity index (χ2n) is 11.9. The Morgan fingerprint density at radius 2 is 1.08 bits per heavy atom. The zero-order chi connectivity index (χ0) is 28.4. The van der Waals surface area contributed by atoms with Crippen molar-refractivity contribution < 1.29 is 20.1 Å². The van der Waals surface area contributed by atoms with Gasteiger partial charge in [0.1, 0.15) is 0 Å². The van der Waals surface area contributed by atoms with Crippen LogP contribution in [0.4, 0.5) is 11.4 Å². The maximum Gasteiger partial charge on any atom is 0.311 e. The lowest BCUT2D eigenvalue weighted by Crippen LogP contribution is -2.27. The number of aromatic hydroxyl groups is 2. The average molecular weight is 525 g/mol. The van der Waals surface area contributed by atoms with Crippen molar-refractivity contribution in [2.75, 3.05) is 0 Å². The van der Waals surface area contributed by atoms with Gasteiger partial charge in [0.2, 0.25) is 11.5 Å². The summed E-state index contributed by atoms with van der Waals surface area (Å²) in [4.78, 5) is 31.2. The molecule has 1 fully saturated rings. The van der Waals surface area contributed by atoms with Crippen LogP contribution in [-0.4, -0.2) is 44.6 Å². The fraction of sp³-hybridized carbons (Fsp3) is 0.500. The summed E-state index contributed by atoms with van der Waals surface area (Å²) in [6.45, 7) is 11.6. The fourth-order valence-electron chi connectivity index (χ4n) is 4.41. The van der Waals surface area contributed by atoms with Crippen LogP contribution in [0.3, 0.4) is 0 Å². The third-order valence-electron chi connectivity index (χ3n) is 6.87. The molecule has 0 bridgehead atoms. The van der Waals surface area contributed by atoms with E-state index in [1.165, 1.54) is 24.6 Å². The molecule has 38 heavy (non-hydrogen) atoms. The minimum atomic E-state index is -0.604. The first-order valence-electron chi connectivity index (χ1n) is 12.7. The van der Waals surface area contributed by atoms with Crippen LogP contribution in [0.1, 0.15) is 89.5 Å². The maximum atomic E-state index is 11.5. The van der Waals surface area contributed by atoms with Crippen molar-refractivity contribution in [3.8, 4) is 11.5 Å². The molecule has 0 aliphatic heterocycles. The van der Waals surface area contributed by atoms with Crippen LogP contribution in [0.15, 0.2) is 34.3 Å². The average Bonchev–Trinajstić information content (AvgIpc) is 2.81. The highest BCUT2D eigenvalue weighted by Crippen LogP contribution is 2.37. The molecule has 3 rings (SSSR count). The van der Waals surface area contributed by atoms with Crippen LogP contribution in [-0.2, 0) is 10.8 Å². The van der Waals surface area contributed by atoms with Crippen molar-refractivity contribution in [2.24, 2.45) is 9.98 Å². The molecule has 1 saturated carbocycles. The number of phenols is 2. The normalized spacial score (nSPS) is 18.8. The van der Waals surface area contributed by atoms with Gasteiger partial charge in [-0.2, -0.15) is 0 Å². The smallest absolute Gasteiger partial charge is 0.311 e. The largest absolute Gasteiger partial charge is 0.502 e. The van der Waals surface area contributed by atoms with Crippen molar-refractivity contribution in [3.05, 3.63) is 66.7 Å². The van der Waals surface area contributed by atoms with Crippen molar-refractivity contribution in [1.29, 1.82) is 0 Å². The highest BCUT2D eigenvalue weighted by Gasteiger charge is 2.27. The van der Waals surface area contributed by atoms with E-state index in [0.717, 1.165) is 25.7 Å². The quantitative estimate of drug-likeness (QED) is 0.255. The summed E-state index contributed by atoms with van der Waals surface area (Å²) in [5.74, 6) is -0.863. The van der Waals surface area contributed by atoms with E-state index in [-0.39, 0.29) is 45.4 Å². The fourth-order valence-corrected chi connectivity index (χ4v) is 4.41. The first-order valence-corrected chi connectivity index (χ1v) is 12.7. The van der Waals surface area contributed by atoms with E-state index in [9.17, 15) is 30.4 Å². The Morgan fingerprint density at radius 3 is 1.37 bits per heavy atom. The molecular formula is C28H36N4O6. The van der Waals surface area contributed by atoms with Gasteiger partial charge in [0.25, 0.3) is 0 Å². The summed E-state index contributed by atoms with van der Waals surface area (Å²) >= 11 is 0. The van der Waals surface area contributed by atoms with Crippen molar-refractivity contribution in [1.82, 2.24) is 0 Å². The summed E-state index contributed by atoms with van der Waals surface area (Å²) in [6.07, 6.45) is 6.26. The van der Waals surface area contributed by atoms with E-state index < -0.39 is 21.3 Å². The van der Waals surface area contributed by atoms with Crippen LogP contribution >= 0.6 is 0 Å². The molecule has 10 heteroatoms. The Hall–Kier alpha value is -3.82. The second-order valence-corrected chi connectivity index (χ2v) is 11.9. The standard InChI is InChI=1S/C28H36N4O6/c1-27(2,3)19-11-17(25(33)23(13-19)31(35)36)15-29-21-9-7-8-10-22(21)30-16-18-12-20(28(4,5)6)14-24(26(18)34)32(37)38/h11-16,21-22,33-34H,7-10H2,1-6H3/t21-,22-/m1/s1. The van der Waals surface area contributed by atoms with Crippen molar-refractivity contribution in [2.45, 2.75) is 90.1 Å². The molecule has 10 nitrogen and oxygen atoms in total. The summed E-state index contributed by atoms with van der Waals surface area (Å²) in [7, 11) is 0. The Balaban J connectivity index is 1.97. The lowest BCUT2D eigenvalue weighted by atomic mass is 9.85. The van der Waals surface area contributed by atoms with Gasteiger partial charge < -0.3 is 10.2 Å². The molecule has 0 aromatic heterocycles. The molecular weight excluding hydrogens is 488 g/mol. The predicted molar refractivity (Wildman–Crippen MR) is 148 cm³/mol. The van der Waals surface area contributed by atoms with E-state index in [2.05, 4.69) is 9.98 Å². The van der Waals surface area contributed by atoms with Crippen molar-refractivity contribution in [3.63, 3.8) is 0 Å². The summed E-state index contributed by atoms with van der Waals surface area (Å²) < 4.78 is 0. The second kappa shape index (κ2) is 10.9. The van der Waals surface area contributed by atoms with E-state index in [1.807, 2.05) is 41.5 Å². The zero-order valence-electron chi connectivity index (χ0n) is 22.8. The van der Waals surface area contributed by atoms with Crippen LogP contribution in [0.2, 0.25) is 0 Å². The molecule has 2 aromatic carbocycles. The zero-order valence-corrected chi connectivity index (χ0v) is 22.8. The number of nitro benzene ring substituents is 2. The number of hydrogen-bond acceptors (Lipinski definition) is 8. The summed E-state index contributed by atoms with van der Waals surface area (Å²) in [6, 6.07) is 5.69. The SMILES string of the molecule is CC(C)(C)c1cc(C=N[C@@H]2CCCC[C@H]2N=Cc2cc(C(C)(C)C)cc([N+](=O)[O-])c2O)c(O)c([N+](=O)[O-])c1. The van der Waals surface area contributed by atoms with E-state index in [0.29, 0.717) is 11.1 Å². The highest BCUT2D eigenvalue weighted by molar-refractivity contribution is 5.87. The van der Waals surface area contributed by atoms with Gasteiger partial charge >= 0.3 is 11.4 Å². The molecule has 0 amide bonds. The molecule has 0 heterocycles. The van der Waals surface area contributed by atoms with Gasteiger partial charge in [0.05, 0.1) is 21.9 Å². The Morgan fingerprint density at radius 1 is 0.737 bits per heavy atom. The Labute approximate surface area is 222 Å². The first-order chi connectivity index (χ1) is 17.6. The van der Waals surface area contributed by atoms with E-state index in [4.69, 9.17) is 0 Å². The topological polar surface area (TPSA) is 151 Å². The number of phenolic OH excluding ortho intramolecular Hbond substituents is 2. The Kier molecular flexibility index (Phi) is 8.24. The number of hydrogen-bond donors (Lipinski definition) is 2. The van der Waals surface area contributed by atoms with Crippen LogP contribution < -0.4 is 0 Å². The van der Waals surface area contributed by atoms with Gasteiger partial charge in [-0.15, -0.1) is 0 Å². The van der Waals surface area contributed by atoms with E-state index in [1.54, 1.807) is 12.1 Å². The predicted octanol–water partition coefficient (Wildman–Crippen LogP) is 6.36. The minimum Gasteiger partial charge on any atom is -0.502 e. The lowest BCUT2D eigenvalue weighted by molar-refractivity contribution is -0.386. The highest BCUT2D eigenvalue weighted by atomic mass is 16.6. The van der Waals surface area contributed by atoms with Crippen LogP contribution in [0, 0.1) is 20.2 Å². The van der Waals surface area contributed by atoms with Crippen LogP contribution in [0.5, 0.6) is 11.5 Å². The third kappa shape index (κ3) is 6.54. The van der Waals surface area contributed by atoms with Gasteiger partial charge in [-0.25, -0.2) is 0 Å². The first kappa shape index (κ1) is 28.7. The molecule has 0 spiro atoms. The Bertz CT molecular complexity index is 1190.